The van der Waals surface area contributed by atoms with Crippen LogP contribution in [-0.4, -0.2) is 16.9 Å². The predicted octanol–water partition coefficient (Wildman–Crippen LogP) is 1.49. The highest BCUT2D eigenvalue weighted by molar-refractivity contribution is 5.95. The number of carbonyl (C=O) groups is 1. The van der Waals surface area contributed by atoms with E-state index in [4.69, 9.17) is 16.2 Å². The summed E-state index contributed by atoms with van der Waals surface area (Å²) < 4.78 is 0. The third kappa shape index (κ3) is 4.28. The van der Waals surface area contributed by atoms with E-state index in [1.54, 1.807) is 24.3 Å². The molecule has 0 heterocycles. The Morgan fingerprint density at radius 3 is 2.27 bits per heavy atom. The van der Waals surface area contributed by atoms with Gasteiger partial charge in [0.25, 0.3) is 0 Å². The highest BCUT2D eigenvalue weighted by atomic mass is 35.5. The van der Waals surface area contributed by atoms with Crippen molar-refractivity contribution >= 4 is 30.3 Å². The first kappa shape index (κ1) is 13.2. The van der Waals surface area contributed by atoms with Gasteiger partial charge in [-0.05, 0) is 11.6 Å². The van der Waals surface area contributed by atoms with E-state index in [0.717, 1.165) is 11.6 Å². The number of rotatable bonds is 3. The van der Waals surface area contributed by atoms with Gasteiger partial charge in [-0.15, -0.1) is 12.4 Å². The molecule has 5 heteroatoms. The zero-order chi connectivity index (χ0) is 10.6. The summed E-state index contributed by atoms with van der Waals surface area (Å²) in [6, 6.07) is 6.75. The summed E-state index contributed by atoms with van der Waals surface area (Å²) in [6.07, 6.45) is 2.54. The van der Waals surface area contributed by atoms with Crippen LogP contribution in [0.3, 0.4) is 0 Å². The molecule has 1 rings (SSSR count). The maximum absolute atomic E-state index is 10.2. The zero-order valence-electron chi connectivity index (χ0n) is 7.81. The Morgan fingerprint density at radius 1 is 1.33 bits per heavy atom. The molecule has 0 radical (unpaired) electrons. The minimum absolute atomic E-state index is 0. The number of hydrogen-bond donors (Lipinski definition) is 3. The van der Waals surface area contributed by atoms with Crippen LogP contribution in [0, 0.1) is 5.41 Å². The Balaban J connectivity index is 0.00000196. The molecule has 0 fully saturated rings. The number of halogens is 1. The molecule has 0 saturated heterocycles. The first-order valence-electron chi connectivity index (χ1n) is 3.95. The number of nitrogen functional groups attached to an aromatic ring is 1. The van der Waals surface area contributed by atoms with Crippen molar-refractivity contribution in [2.24, 2.45) is 5.73 Å². The molecule has 15 heavy (non-hydrogen) atoms. The van der Waals surface area contributed by atoms with Gasteiger partial charge in [-0.25, -0.2) is 4.79 Å². The highest BCUT2D eigenvalue weighted by Crippen LogP contribution is 2.05. The molecule has 1 aromatic carbocycles. The lowest BCUT2D eigenvalue weighted by Crippen LogP contribution is -2.10. The fraction of sp³-hybridized carbons (Fsp3) is 0. The number of hydrogen-bond acceptors (Lipinski definition) is 2. The van der Waals surface area contributed by atoms with Crippen molar-refractivity contribution in [3.63, 3.8) is 0 Å². The van der Waals surface area contributed by atoms with E-state index in [2.05, 4.69) is 0 Å². The minimum atomic E-state index is -0.986. The first-order chi connectivity index (χ1) is 6.59. The molecule has 80 valence electrons. The summed E-state index contributed by atoms with van der Waals surface area (Å²) >= 11 is 0. The van der Waals surface area contributed by atoms with Crippen LogP contribution in [0.4, 0.5) is 0 Å². The Bertz CT molecular complexity index is 385. The molecule has 0 aliphatic rings. The van der Waals surface area contributed by atoms with Crippen molar-refractivity contribution in [3.8, 4) is 0 Å². The quantitative estimate of drug-likeness (QED) is 0.415. The normalized spacial score (nSPS) is 9.60. The van der Waals surface area contributed by atoms with Crippen LogP contribution < -0.4 is 5.73 Å². The van der Waals surface area contributed by atoms with Gasteiger partial charge in [0.05, 0.1) is 0 Å². The van der Waals surface area contributed by atoms with Gasteiger partial charge < -0.3 is 10.8 Å². The van der Waals surface area contributed by atoms with Crippen molar-refractivity contribution in [2.45, 2.75) is 0 Å². The standard InChI is InChI=1S/C10H10N2O2.ClH/c11-10(12)8-4-1-7(2-5-8)3-6-9(13)14;/h1-6H,(H3,11,12)(H,13,14);1H/b6-3+;. The summed E-state index contributed by atoms with van der Waals surface area (Å²) in [7, 11) is 0. The van der Waals surface area contributed by atoms with E-state index >= 15 is 0 Å². The lowest BCUT2D eigenvalue weighted by Gasteiger charge is -1.97. The number of carboxylic acids is 1. The molecule has 0 saturated carbocycles. The number of carboxylic acid groups (broad SMARTS) is 1. The fourth-order valence-corrected chi connectivity index (χ4v) is 0.941. The Hall–Kier alpha value is -1.81. The molecule has 0 atom stereocenters. The number of amidine groups is 1. The van der Waals surface area contributed by atoms with Gasteiger partial charge in [-0.1, -0.05) is 24.3 Å². The monoisotopic (exact) mass is 226 g/mol. The van der Waals surface area contributed by atoms with E-state index in [1.165, 1.54) is 6.08 Å². The number of nitrogens with one attached hydrogen (secondary N) is 1. The molecule has 0 spiro atoms. The molecule has 1 aromatic rings. The molecular formula is C10H11ClN2O2. The van der Waals surface area contributed by atoms with Crippen LogP contribution in [0.25, 0.3) is 6.08 Å². The molecule has 0 aliphatic carbocycles. The summed E-state index contributed by atoms with van der Waals surface area (Å²) in [5.74, 6) is -0.987. The van der Waals surface area contributed by atoms with E-state index < -0.39 is 5.97 Å². The van der Waals surface area contributed by atoms with Crippen molar-refractivity contribution in [3.05, 3.63) is 41.5 Å². The van der Waals surface area contributed by atoms with Gasteiger partial charge in [-0.2, -0.15) is 0 Å². The van der Waals surface area contributed by atoms with Crippen molar-refractivity contribution in [2.75, 3.05) is 0 Å². The lowest BCUT2D eigenvalue weighted by atomic mass is 10.1. The SMILES string of the molecule is Cl.N=C(N)c1ccc(/C=C/C(=O)O)cc1. The minimum Gasteiger partial charge on any atom is -0.478 e. The van der Waals surface area contributed by atoms with Crippen molar-refractivity contribution < 1.29 is 9.90 Å². The third-order valence-corrected chi connectivity index (χ3v) is 1.64. The van der Waals surface area contributed by atoms with Crippen LogP contribution in [0.5, 0.6) is 0 Å². The van der Waals surface area contributed by atoms with Crippen molar-refractivity contribution in [1.82, 2.24) is 0 Å². The van der Waals surface area contributed by atoms with Gasteiger partial charge in [0.2, 0.25) is 0 Å². The summed E-state index contributed by atoms with van der Waals surface area (Å²) in [5.41, 5.74) is 6.64. The van der Waals surface area contributed by atoms with Crippen LogP contribution >= 0.6 is 12.4 Å². The summed E-state index contributed by atoms with van der Waals surface area (Å²) in [4.78, 5) is 10.2. The van der Waals surface area contributed by atoms with Crippen molar-refractivity contribution in [1.29, 1.82) is 5.41 Å². The summed E-state index contributed by atoms with van der Waals surface area (Å²) in [6.45, 7) is 0. The van der Waals surface area contributed by atoms with Crippen LogP contribution in [0.1, 0.15) is 11.1 Å². The van der Waals surface area contributed by atoms with Crippen LogP contribution in [0.15, 0.2) is 30.3 Å². The van der Waals surface area contributed by atoms with E-state index in [0.29, 0.717) is 5.56 Å². The average Bonchev–Trinajstić information content (AvgIpc) is 2.15. The largest absolute Gasteiger partial charge is 0.478 e. The smallest absolute Gasteiger partial charge is 0.328 e. The lowest BCUT2D eigenvalue weighted by molar-refractivity contribution is -0.131. The third-order valence-electron chi connectivity index (χ3n) is 1.64. The average molecular weight is 227 g/mol. The van der Waals surface area contributed by atoms with E-state index in [-0.39, 0.29) is 18.2 Å². The number of aliphatic carboxylic acids is 1. The molecule has 0 aliphatic heterocycles. The molecular weight excluding hydrogens is 216 g/mol. The molecule has 4 nitrogen and oxygen atoms in total. The molecule has 0 aromatic heterocycles. The molecule has 4 N–H and O–H groups in total. The predicted molar refractivity (Wildman–Crippen MR) is 61.4 cm³/mol. The zero-order valence-corrected chi connectivity index (χ0v) is 8.62. The molecule has 0 unspecified atom stereocenters. The first-order valence-corrected chi connectivity index (χ1v) is 3.95. The van der Waals surface area contributed by atoms with Crippen LogP contribution in [-0.2, 0) is 4.79 Å². The second-order valence-electron chi connectivity index (χ2n) is 2.71. The molecule has 0 amide bonds. The maximum atomic E-state index is 10.2. The van der Waals surface area contributed by atoms with Gasteiger partial charge in [-0.3, -0.25) is 5.41 Å². The Labute approximate surface area is 93.3 Å². The van der Waals surface area contributed by atoms with Gasteiger partial charge in [0.15, 0.2) is 0 Å². The maximum Gasteiger partial charge on any atom is 0.328 e. The van der Waals surface area contributed by atoms with Gasteiger partial charge in [0, 0.05) is 11.6 Å². The Kier molecular flexibility index (Phi) is 5.12. The topological polar surface area (TPSA) is 87.2 Å². The number of nitrogens with two attached hydrogens (primary N) is 1. The van der Waals surface area contributed by atoms with Gasteiger partial charge >= 0.3 is 5.97 Å². The fourth-order valence-electron chi connectivity index (χ4n) is 0.941. The second kappa shape index (κ2) is 5.82. The molecule has 0 bridgehead atoms. The Morgan fingerprint density at radius 2 is 1.87 bits per heavy atom. The highest BCUT2D eigenvalue weighted by Gasteiger charge is 1.94. The van der Waals surface area contributed by atoms with E-state index in [9.17, 15) is 4.79 Å². The van der Waals surface area contributed by atoms with E-state index in [1.807, 2.05) is 0 Å². The number of benzene rings is 1. The van der Waals surface area contributed by atoms with Crippen LogP contribution in [0.2, 0.25) is 0 Å². The second-order valence-corrected chi connectivity index (χ2v) is 2.71. The van der Waals surface area contributed by atoms with Gasteiger partial charge in [0.1, 0.15) is 5.84 Å². The summed E-state index contributed by atoms with van der Waals surface area (Å²) in [5, 5.41) is 15.5.